The van der Waals surface area contributed by atoms with E-state index in [1.165, 1.54) is 0 Å². The van der Waals surface area contributed by atoms with E-state index >= 15 is 0 Å². The Labute approximate surface area is 136 Å². The molecule has 0 radical (unpaired) electrons. The fraction of sp³-hybridized carbons (Fsp3) is 0.529. The van der Waals surface area contributed by atoms with Crippen molar-refractivity contribution < 1.29 is 9.90 Å². The highest BCUT2D eigenvalue weighted by Crippen LogP contribution is 2.24. The summed E-state index contributed by atoms with van der Waals surface area (Å²) in [6, 6.07) is 2.04. The van der Waals surface area contributed by atoms with Crippen LogP contribution in [0.2, 0.25) is 0 Å². The van der Waals surface area contributed by atoms with Gasteiger partial charge in [-0.2, -0.15) is 5.10 Å². The van der Waals surface area contributed by atoms with Crippen LogP contribution in [0.15, 0.2) is 6.07 Å². The molecular weight excluding hydrogens is 292 g/mol. The van der Waals surface area contributed by atoms with Gasteiger partial charge in [-0.3, -0.25) is 9.48 Å². The lowest BCUT2D eigenvalue weighted by Crippen LogP contribution is -2.26. The number of aliphatic hydroxyl groups excluding tert-OH is 1. The first-order valence-corrected chi connectivity index (χ1v) is 7.97. The fourth-order valence-electron chi connectivity index (χ4n) is 3.04. The molecule has 0 saturated heterocycles. The maximum Gasteiger partial charge on any atom is 0.267 e. The Morgan fingerprint density at radius 2 is 2.09 bits per heavy atom. The number of aliphatic hydroxyl groups is 1. The molecule has 0 aliphatic heterocycles. The molecule has 0 aliphatic rings. The summed E-state index contributed by atoms with van der Waals surface area (Å²) in [4.78, 5) is 15.4. The van der Waals surface area contributed by atoms with Crippen LogP contribution in [-0.4, -0.2) is 32.3 Å². The number of nitrogens with one attached hydrogen (secondary N) is 2. The number of rotatable bonds is 6. The quantitative estimate of drug-likeness (QED) is 0.715. The third-order valence-corrected chi connectivity index (χ3v) is 4.08. The van der Waals surface area contributed by atoms with Crippen molar-refractivity contribution in [2.24, 2.45) is 0 Å². The van der Waals surface area contributed by atoms with Crippen molar-refractivity contribution in [3.63, 3.8) is 0 Å². The van der Waals surface area contributed by atoms with E-state index in [1.54, 1.807) is 6.92 Å². The highest BCUT2D eigenvalue weighted by molar-refractivity contribution is 5.94. The van der Waals surface area contributed by atoms with Gasteiger partial charge in [-0.05, 0) is 52.7 Å². The molecule has 0 unspecified atom stereocenters. The van der Waals surface area contributed by atoms with Crippen LogP contribution in [0.3, 0.4) is 0 Å². The van der Waals surface area contributed by atoms with Crippen molar-refractivity contribution in [1.29, 1.82) is 0 Å². The van der Waals surface area contributed by atoms with Gasteiger partial charge in [-0.15, -0.1) is 0 Å². The predicted molar refractivity (Wildman–Crippen MR) is 89.6 cm³/mol. The molecular formula is C17H26N4O2. The zero-order valence-corrected chi connectivity index (χ0v) is 14.5. The molecule has 0 spiro atoms. The van der Waals surface area contributed by atoms with Crippen LogP contribution in [0.25, 0.3) is 0 Å². The third-order valence-electron chi connectivity index (χ3n) is 4.08. The molecule has 3 N–H and O–H groups in total. The van der Waals surface area contributed by atoms with Gasteiger partial charge in [0.15, 0.2) is 0 Å². The Morgan fingerprint density at radius 3 is 2.61 bits per heavy atom. The van der Waals surface area contributed by atoms with E-state index in [2.05, 4.69) is 15.4 Å². The van der Waals surface area contributed by atoms with Crippen LogP contribution in [0.1, 0.15) is 58.1 Å². The summed E-state index contributed by atoms with van der Waals surface area (Å²) in [5.74, 6) is -0.133. The predicted octanol–water partition coefficient (Wildman–Crippen LogP) is 2.32. The first kappa shape index (κ1) is 17.3. The van der Waals surface area contributed by atoms with Crippen molar-refractivity contribution in [2.75, 3.05) is 6.54 Å². The zero-order valence-electron chi connectivity index (χ0n) is 14.5. The van der Waals surface area contributed by atoms with Gasteiger partial charge in [0, 0.05) is 30.0 Å². The molecule has 23 heavy (non-hydrogen) atoms. The van der Waals surface area contributed by atoms with Gasteiger partial charge in [0.2, 0.25) is 0 Å². The Bertz CT molecular complexity index is 698. The van der Waals surface area contributed by atoms with Crippen molar-refractivity contribution in [1.82, 2.24) is 20.1 Å². The molecule has 2 heterocycles. The number of aromatic nitrogens is 3. The van der Waals surface area contributed by atoms with Crippen LogP contribution >= 0.6 is 0 Å². The molecule has 2 aromatic rings. The molecule has 0 aromatic carbocycles. The number of aromatic amines is 1. The molecule has 0 aliphatic carbocycles. The van der Waals surface area contributed by atoms with Gasteiger partial charge in [0.05, 0.1) is 11.8 Å². The van der Waals surface area contributed by atoms with Crippen molar-refractivity contribution in [2.45, 2.75) is 53.7 Å². The highest BCUT2D eigenvalue weighted by atomic mass is 16.3. The second-order valence-electron chi connectivity index (χ2n) is 6.10. The smallest absolute Gasteiger partial charge is 0.267 e. The van der Waals surface area contributed by atoms with Gasteiger partial charge in [-0.1, -0.05) is 0 Å². The first-order chi connectivity index (χ1) is 10.8. The second-order valence-corrected chi connectivity index (χ2v) is 6.10. The number of hydrogen-bond donors (Lipinski definition) is 3. The Balaban J connectivity index is 1.90. The number of carbonyl (C=O) groups is 1. The van der Waals surface area contributed by atoms with Crippen molar-refractivity contribution >= 4 is 5.91 Å². The average Bonchev–Trinajstić information content (AvgIpc) is 2.93. The summed E-state index contributed by atoms with van der Waals surface area (Å²) < 4.78 is 1.96. The molecule has 1 amide bonds. The SMILES string of the molecule is Cc1cc(C)n(CCCNC(=O)c2[nH]c(C)c([C@@H](C)O)c2C)n1. The van der Waals surface area contributed by atoms with Gasteiger partial charge < -0.3 is 15.4 Å². The Morgan fingerprint density at radius 1 is 1.39 bits per heavy atom. The molecule has 2 rings (SSSR count). The summed E-state index contributed by atoms with van der Waals surface area (Å²) >= 11 is 0. The van der Waals surface area contributed by atoms with Crippen LogP contribution in [0.4, 0.5) is 0 Å². The third kappa shape index (κ3) is 3.82. The number of H-pyrrole nitrogens is 1. The van der Waals surface area contributed by atoms with Crippen LogP contribution in [0.5, 0.6) is 0 Å². The molecule has 6 nitrogen and oxygen atoms in total. The average molecular weight is 318 g/mol. The molecule has 6 heteroatoms. The zero-order chi connectivity index (χ0) is 17.1. The van der Waals surface area contributed by atoms with E-state index in [1.807, 2.05) is 38.4 Å². The van der Waals surface area contributed by atoms with Gasteiger partial charge in [-0.25, -0.2) is 0 Å². The first-order valence-electron chi connectivity index (χ1n) is 7.97. The lowest BCUT2D eigenvalue weighted by Gasteiger charge is -2.07. The number of carbonyl (C=O) groups excluding carboxylic acids is 1. The van der Waals surface area contributed by atoms with Crippen molar-refractivity contribution in [3.05, 3.63) is 40.0 Å². The minimum atomic E-state index is -0.584. The Hall–Kier alpha value is -2.08. The summed E-state index contributed by atoms with van der Waals surface area (Å²) in [6.45, 7) is 10.8. The largest absolute Gasteiger partial charge is 0.389 e. The normalized spacial score (nSPS) is 12.4. The monoisotopic (exact) mass is 318 g/mol. The Kier molecular flexibility index (Phi) is 5.26. The maximum atomic E-state index is 12.3. The van der Waals surface area contributed by atoms with Gasteiger partial charge in [0.1, 0.15) is 5.69 Å². The number of amides is 1. The minimum Gasteiger partial charge on any atom is -0.389 e. The lowest BCUT2D eigenvalue weighted by atomic mass is 10.1. The summed E-state index contributed by atoms with van der Waals surface area (Å²) in [5, 5.41) is 17.1. The molecule has 1 atom stereocenters. The summed E-state index contributed by atoms with van der Waals surface area (Å²) in [6.07, 6.45) is 0.231. The number of hydrogen-bond acceptors (Lipinski definition) is 3. The lowest BCUT2D eigenvalue weighted by molar-refractivity contribution is 0.0947. The van der Waals surface area contributed by atoms with Crippen molar-refractivity contribution in [3.8, 4) is 0 Å². The van der Waals surface area contributed by atoms with E-state index < -0.39 is 6.10 Å². The van der Waals surface area contributed by atoms with E-state index in [-0.39, 0.29) is 5.91 Å². The topological polar surface area (TPSA) is 82.9 Å². The van der Waals surface area contributed by atoms with Gasteiger partial charge >= 0.3 is 0 Å². The summed E-state index contributed by atoms with van der Waals surface area (Å²) in [7, 11) is 0. The van der Waals surface area contributed by atoms with E-state index in [4.69, 9.17) is 0 Å². The number of aryl methyl sites for hydroxylation is 4. The van der Waals surface area contributed by atoms with Crippen LogP contribution in [0, 0.1) is 27.7 Å². The molecule has 0 saturated carbocycles. The molecule has 0 bridgehead atoms. The molecule has 126 valence electrons. The van der Waals surface area contributed by atoms with E-state index in [0.717, 1.165) is 41.2 Å². The summed E-state index contributed by atoms with van der Waals surface area (Å²) in [5.41, 5.74) is 5.13. The highest BCUT2D eigenvalue weighted by Gasteiger charge is 2.19. The second kappa shape index (κ2) is 7.00. The van der Waals surface area contributed by atoms with Crippen LogP contribution in [-0.2, 0) is 6.54 Å². The fourth-order valence-corrected chi connectivity index (χ4v) is 3.04. The number of nitrogens with zero attached hydrogens (tertiary/aromatic N) is 2. The maximum absolute atomic E-state index is 12.3. The molecule has 2 aromatic heterocycles. The van der Waals surface area contributed by atoms with E-state index in [9.17, 15) is 9.90 Å². The van der Waals surface area contributed by atoms with Crippen LogP contribution < -0.4 is 5.32 Å². The minimum absolute atomic E-state index is 0.133. The van der Waals surface area contributed by atoms with Gasteiger partial charge in [0.25, 0.3) is 5.91 Å². The molecule has 0 fully saturated rings. The van der Waals surface area contributed by atoms with E-state index in [0.29, 0.717) is 12.2 Å². The standard InChI is InChI=1S/C17H26N4O2/c1-10-9-11(2)21(20-10)8-6-7-18-17(23)16-12(3)15(14(5)22)13(4)19-16/h9,14,19,22H,6-8H2,1-5H3,(H,18,23)/t14-/m1/s1.